The van der Waals surface area contributed by atoms with Gasteiger partial charge in [-0.05, 0) is 12.8 Å². The van der Waals surface area contributed by atoms with Crippen LogP contribution in [0.25, 0.3) is 0 Å². The molecule has 0 aromatic carbocycles. The lowest BCUT2D eigenvalue weighted by Crippen LogP contribution is -2.47. The van der Waals surface area contributed by atoms with Crippen molar-refractivity contribution in [2.24, 2.45) is 5.92 Å². The summed E-state index contributed by atoms with van der Waals surface area (Å²) in [5.41, 5.74) is 0. The maximum atomic E-state index is 11.8. The second-order valence-corrected chi connectivity index (χ2v) is 4.56. The van der Waals surface area contributed by atoms with E-state index in [4.69, 9.17) is 15.3 Å². The molecule has 0 aliphatic carbocycles. The summed E-state index contributed by atoms with van der Waals surface area (Å²) in [5, 5.41) is 28.7. The first-order chi connectivity index (χ1) is 8.93. The van der Waals surface area contributed by atoms with Crippen LogP contribution in [0.15, 0.2) is 0 Å². The average molecular weight is 274 g/mol. The van der Waals surface area contributed by atoms with E-state index in [1.807, 2.05) is 0 Å². The van der Waals surface area contributed by atoms with Gasteiger partial charge in [-0.3, -0.25) is 4.79 Å². The fourth-order valence-corrected chi connectivity index (χ4v) is 1.93. The van der Waals surface area contributed by atoms with Crippen LogP contribution in [0.3, 0.4) is 0 Å². The summed E-state index contributed by atoms with van der Waals surface area (Å²) in [6.45, 7) is 0.834. The monoisotopic (exact) mass is 274 g/mol. The number of urea groups is 1. The summed E-state index contributed by atoms with van der Waals surface area (Å²) in [5.74, 6) is -2.34. The number of nitrogens with one attached hydrogen (secondary N) is 1. The van der Waals surface area contributed by atoms with Crippen LogP contribution in [-0.2, 0) is 9.59 Å². The smallest absolute Gasteiger partial charge is 0.326 e. The second kappa shape index (κ2) is 6.93. The summed E-state index contributed by atoms with van der Waals surface area (Å²) in [7, 11) is 0. The van der Waals surface area contributed by atoms with Crippen molar-refractivity contribution in [2.45, 2.75) is 25.3 Å². The van der Waals surface area contributed by atoms with E-state index in [1.165, 1.54) is 4.90 Å². The van der Waals surface area contributed by atoms with Crippen LogP contribution < -0.4 is 5.32 Å². The fraction of sp³-hybridized carbons (Fsp3) is 0.727. The Morgan fingerprint density at radius 3 is 2.47 bits per heavy atom. The van der Waals surface area contributed by atoms with E-state index >= 15 is 0 Å². The lowest BCUT2D eigenvalue weighted by molar-refractivity contribution is -0.140. The zero-order valence-corrected chi connectivity index (χ0v) is 10.4. The van der Waals surface area contributed by atoms with Crippen molar-refractivity contribution < 1.29 is 29.7 Å². The molecule has 0 spiro atoms. The molecule has 0 aromatic heterocycles. The molecule has 2 atom stereocenters. The van der Waals surface area contributed by atoms with Gasteiger partial charge in [0.05, 0.1) is 0 Å². The number of amides is 2. The summed E-state index contributed by atoms with van der Waals surface area (Å²) in [4.78, 5) is 34.5. The highest BCUT2D eigenvalue weighted by Gasteiger charge is 2.28. The van der Waals surface area contributed by atoms with Crippen molar-refractivity contribution in [3.05, 3.63) is 0 Å². The number of carbonyl (C=O) groups is 3. The minimum atomic E-state index is -1.26. The molecule has 108 valence electrons. The Morgan fingerprint density at radius 2 is 2.00 bits per heavy atom. The number of hydrogen-bond donors (Lipinski definition) is 4. The molecule has 2 amide bonds. The van der Waals surface area contributed by atoms with Crippen LogP contribution in [0.5, 0.6) is 0 Å². The summed E-state index contributed by atoms with van der Waals surface area (Å²) < 4.78 is 0. The first-order valence-corrected chi connectivity index (χ1v) is 6.05. The van der Waals surface area contributed by atoms with Crippen LogP contribution in [0, 0.1) is 5.92 Å². The average Bonchev–Trinajstić information content (AvgIpc) is 2.82. The second-order valence-electron chi connectivity index (χ2n) is 4.56. The summed E-state index contributed by atoms with van der Waals surface area (Å²) >= 11 is 0. The van der Waals surface area contributed by atoms with Crippen LogP contribution in [0.2, 0.25) is 0 Å². The maximum absolute atomic E-state index is 11.8. The number of nitrogens with zero attached hydrogens (tertiary/aromatic N) is 1. The van der Waals surface area contributed by atoms with Crippen molar-refractivity contribution in [2.75, 3.05) is 19.7 Å². The number of aliphatic carboxylic acids is 2. The van der Waals surface area contributed by atoms with Crippen molar-refractivity contribution in [1.82, 2.24) is 10.2 Å². The Kier molecular flexibility index (Phi) is 5.56. The molecule has 0 saturated carbocycles. The van der Waals surface area contributed by atoms with Crippen molar-refractivity contribution >= 4 is 18.0 Å². The van der Waals surface area contributed by atoms with Gasteiger partial charge in [0, 0.05) is 32.0 Å². The lowest BCUT2D eigenvalue weighted by Gasteiger charge is -2.20. The van der Waals surface area contributed by atoms with Crippen molar-refractivity contribution in [3.63, 3.8) is 0 Å². The Balaban J connectivity index is 2.47. The molecule has 1 fully saturated rings. The molecule has 2 unspecified atom stereocenters. The van der Waals surface area contributed by atoms with Gasteiger partial charge in [-0.1, -0.05) is 0 Å². The molecular formula is C11H18N2O6. The van der Waals surface area contributed by atoms with Gasteiger partial charge in [0.15, 0.2) is 0 Å². The Hall–Kier alpha value is -1.83. The van der Waals surface area contributed by atoms with E-state index in [2.05, 4.69) is 5.32 Å². The molecule has 0 bridgehead atoms. The molecule has 1 saturated heterocycles. The molecule has 4 N–H and O–H groups in total. The minimum Gasteiger partial charge on any atom is -0.481 e. The fourth-order valence-electron chi connectivity index (χ4n) is 1.93. The number of carboxylic acids is 2. The third kappa shape index (κ3) is 4.74. The Bertz CT molecular complexity index is 359. The van der Waals surface area contributed by atoms with E-state index in [0.29, 0.717) is 19.5 Å². The minimum absolute atomic E-state index is 0.00878. The van der Waals surface area contributed by atoms with E-state index < -0.39 is 24.0 Å². The topological polar surface area (TPSA) is 127 Å². The first kappa shape index (κ1) is 15.2. The van der Waals surface area contributed by atoms with Gasteiger partial charge < -0.3 is 25.5 Å². The normalized spacial score (nSPS) is 20.1. The van der Waals surface area contributed by atoms with Gasteiger partial charge in [-0.25, -0.2) is 9.59 Å². The maximum Gasteiger partial charge on any atom is 0.326 e. The Labute approximate surface area is 110 Å². The van der Waals surface area contributed by atoms with Gasteiger partial charge >= 0.3 is 18.0 Å². The van der Waals surface area contributed by atoms with E-state index in [-0.39, 0.29) is 25.4 Å². The van der Waals surface area contributed by atoms with Crippen molar-refractivity contribution in [1.29, 1.82) is 0 Å². The molecule has 1 aliphatic heterocycles. The molecule has 19 heavy (non-hydrogen) atoms. The number of aliphatic hydroxyl groups excluding tert-OH is 1. The molecule has 8 nitrogen and oxygen atoms in total. The quantitative estimate of drug-likeness (QED) is 0.508. The molecule has 1 heterocycles. The van der Waals surface area contributed by atoms with Crippen LogP contribution in [0.4, 0.5) is 4.79 Å². The van der Waals surface area contributed by atoms with Gasteiger partial charge in [0.2, 0.25) is 0 Å². The lowest BCUT2D eigenvalue weighted by atomic mass is 10.1. The predicted molar refractivity (Wildman–Crippen MR) is 63.6 cm³/mol. The SMILES string of the molecule is O=C(O)CCC(NC(=O)N1CCC(CO)C1)C(=O)O. The first-order valence-electron chi connectivity index (χ1n) is 6.05. The number of carboxylic acid groups (broad SMARTS) is 2. The number of rotatable bonds is 6. The largest absolute Gasteiger partial charge is 0.481 e. The zero-order valence-electron chi connectivity index (χ0n) is 10.4. The van der Waals surface area contributed by atoms with E-state index in [0.717, 1.165) is 0 Å². The third-order valence-corrected chi connectivity index (χ3v) is 3.07. The van der Waals surface area contributed by atoms with Gasteiger partial charge in [-0.15, -0.1) is 0 Å². The highest BCUT2D eigenvalue weighted by Crippen LogP contribution is 2.15. The molecule has 1 rings (SSSR count). The number of likely N-dealkylation sites (tertiary alicyclic amines) is 1. The van der Waals surface area contributed by atoms with Crippen LogP contribution in [0.1, 0.15) is 19.3 Å². The molecular weight excluding hydrogens is 256 g/mol. The standard InChI is InChI=1S/C11H18N2O6/c14-6-7-3-4-13(5-7)11(19)12-8(10(17)18)1-2-9(15)16/h7-8,14H,1-6H2,(H,12,19)(H,15,16)(H,17,18). The van der Waals surface area contributed by atoms with Crippen molar-refractivity contribution in [3.8, 4) is 0 Å². The van der Waals surface area contributed by atoms with E-state index in [1.54, 1.807) is 0 Å². The van der Waals surface area contributed by atoms with Crippen LogP contribution >= 0.6 is 0 Å². The summed E-state index contributed by atoms with van der Waals surface area (Å²) in [6.07, 6.45) is 0.195. The number of aliphatic hydroxyl groups is 1. The highest BCUT2D eigenvalue weighted by atomic mass is 16.4. The zero-order chi connectivity index (χ0) is 14.4. The van der Waals surface area contributed by atoms with Gasteiger partial charge in [-0.2, -0.15) is 0 Å². The molecule has 1 aliphatic rings. The molecule has 0 radical (unpaired) electrons. The predicted octanol–water partition coefficient (Wildman–Crippen LogP) is -0.672. The van der Waals surface area contributed by atoms with Gasteiger partial charge in [0.25, 0.3) is 0 Å². The molecule has 0 aromatic rings. The summed E-state index contributed by atoms with van der Waals surface area (Å²) in [6, 6.07) is -1.74. The van der Waals surface area contributed by atoms with Gasteiger partial charge in [0.1, 0.15) is 6.04 Å². The number of hydrogen-bond acceptors (Lipinski definition) is 4. The molecule has 8 heteroatoms. The highest BCUT2D eigenvalue weighted by molar-refractivity contribution is 5.83. The van der Waals surface area contributed by atoms with Crippen LogP contribution in [-0.4, -0.2) is 63.9 Å². The third-order valence-electron chi connectivity index (χ3n) is 3.07. The number of carbonyl (C=O) groups excluding carboxylic acids is 1. The van der Waals surface area contributed by atoms with E-state index in [9.17, 15) is 14.4 Å². The Morgan fingerprint density at radius 1 is 1.32 bits per heavy atom.